The number of benzene rings is 1. The summed E-state index contributed by atoms with van der Waals surface area (Å²) < 4.78 is 19.1. The van der Waals surface area contributed by atoms with Gasteiger partial charge in [0.15, 0.2) is 0 Å². The number of ketones is 1. The number of piperazine rings is 1. The third kappa shape index (κ3) is 4.12. The maximum Gasteiger partial charge on any atom is 0.201 e. The number of Topliss-reactive ketones (excluding diaryl/α,β-unsaturated/α-hetero) is 1. The number of nitriles is 1. The predicted octanol–water partition coefficient (Wildman–Crippen LogP) is 2.64. The van der Waals surface area contributed by atoms with Gasteiger partial charge in [0.05, 0.1) is 11.1 Å². The first-order valence-electron chi connectivity index (χ1n) is 10.3. The normalized spacial score (nSPS) is 19.9. The number of pyridine rings is 1. The van der Waals surface area contributed by atoms with Crippen LogP contribution in [0.2, 0.25) is 0 Å². The molecular weight excluding hydrogens is 383 g/mol. The number of hydrogen-bond acceptors (Lipinski definition) is 6. The number of ether oxygens (including phenoxy) is 1. The van der Waals surface area contributed by atoms with Crippen LogP contribution in [0, 0.1) is 17.1 Å². The largest absolute Gasteiger partial charge is 0.381 e. The maximum atomic E-state index is 13.6. The Balaban J connectivity index is 1.46. The molecule has 2 aliphatic rings. The summed E-state index contributed by atoms with van der Waals surface area (Å²) in [6.45, 7) is 4.95. The van der Waals surface area contributed by atoms with E-state index in [4.69, 9.17) is 10.00 Å². The van der Waals surface area contributed by atoms with Crippen LogP contribution in [0.5, 0.6) is 0 Å². The van der Waals surface area contributed by atoms with Crippen molar-refractivity contribution in [2.24, 2.45) is 0 Å². The van der Waals surface area contributed by atoms with E-state index in [1.165, 1.54) is 6.07 Å². The van der Waals surface area contributed by atoms with Crippen LogP contribution < -0.4 is 0 Å². The number of rotatable bonds is 5. The standard InChI is InChI=1S/C23H25FN4O2/c24-20-5-4-18(15-19(20)16-25)17-27-9-11-28(12-10-27)23(6-13-30-14-7-23)22(29)21-3-1-2-8-26-21/h1-5,8,15H,6-7,9-14,17H2. The van der Waals surface area contributed by atoms with Crippen molar-refractivity contribution in [3.63, 3.8) is 0 Å². The van der Waals surface area contributed by atoms with Gasteiger partial charge in [-0.1, -0.05) is 12.1 Å². The van der Waals surface area contributed by atoms with Crippen molar-refractivity contribution >= 4 is 5.78 Å². The summed E-state index contributed by atoms with van der Waals surface area (Å²) in [6, 6.07) is 12.1. The Morgan fingerprint density at radius 1 is 1.17 bits per heavy atom. The molecule has 0 atom stereocenters. The molecule has 0 radical (unpaired) electrons. The van der Waals surface area contributed by atoms with Crippen molar-refractivity contribution in [2.75, 3.05) is 39.4 Å². The van der Waals surface area contributed by atoms with Crippen molar-refractivity contribution in [3.05, 3.63) is 65.2 Å². The molecule has 30 heavy (non-hydrogen) atoms. The molecular formula is C23H25FN4O2. The number of halogens is 1. The van der Waals surface area contributed by atoms with Gasteiger partial charge in [-0.25, -0.2) is 4.39 Å². The zero-order valence-electron chi connectivity index (χ0n) is 16.9. The average molecular weight is 408 g/mol. The van der Waals surface area contributed by atoms with E-state index in [-0.39, 0.29) is 11.3 Å². The van der Waals surface area contributed by atoms with Crippen LogP contribution in [0.3, 0.4) is 0 Å². The van der Waals surface area contributed by atoms with E-state index in [0.717, 1.165) is 31.7 Å². The van der Waals surface area contributed by atoms with Gasteiger partial charge in [0.2, 0.25) is 5.78 Å². The number of hydrogen-bond donors (Lipinski definition) is 0. The van der Waals surface area contributed by atoms with Crippen molar-refractivity contribution in [3.8, 4) is 6.07 Å². The van der Waals surface area contributed by atoms with Gasteiger partial charge >= 0.3 is 0 Å². The fourth-order valence-electron chi connectivity index (χ4n) is 4.48. The highest BCUT2D eigenvalue weighted by atomic mass is 19.1. The van der Waals surface area contributed by atoms with Crippen LogP contribution in [-0.4, -0.2) is 65.5 Å². The van der Waals surface area contributed by atoms with Gasteiger partial charge < -0.3 is 4.74 Å². The van der Waals surface area contributed by atoms with Crippen LogP contribution in [0.15, 0.2) is 42.6 Å². The number of carbonyl (C=O) groups is 1. The minimum atomic E-state index is -0.567. The zero-order chi connectivity index (χ0) is 21.0. The van der Waals surface area contributed by atoms with Crippen LogP contribution in [0.1, 0.15) is 34.5 Å². The molecule has 1 aromatic carbocycles. The fraction of sp³-hybridized carbons (Fsp3) is 0.435. The Morgan fingerprint density at radius 2 is 1.93 bits per heavy atom. The van der Waals surface area contributed by atoms with Gasteiger partial charge in [0, 0.05) is 52.1 Å². The van der Waals surface area contributed by atoms with Crippen LogP contribution in [-0.2, 0) is 11.3 Å². The second-order valence-corrected chi connectivity index (χ2v) is 7.88. The summed E-state index contributed by atoms with van der Waals surface area (Å²) in [5.74, 6) is -0.405. The first-order chi connectivity index (χ1) is 14.6. The number of carbonyl (C=O) groups excluding carboxylic acids is 1. The van der Waals surface area contributed by atoms with Gasteiger partial charge in [-0.3, -0.25) is 19.6 Å². The monoisotopic (exact) mass is 408 g/mol. The van der Waals surface area contributed by atoms with Crippen LogP contribution in [0.4, 0.5) is 4.39 Å². The third-order valence-electron chi connectivity index (χ3n) is 6.18. The molecule has 0 bridgehead atoms. The minimum absolute atomic E-state index is 0.0771. The van der Waals surface area contributed by atoms with E-state index in [1.54, 1.807) is 24.4 Å². The molecule has 0 N–H and O–H groups in total. The lowest BCUT2D eigenvalue weighted by Crippen LogP contribution is -2.62. The van der Waals surface area contributed by atoms with Crippen molar-refractivity contribution in [1.29, 1.82) is 5.26 Å². The molecule has 7 heteroatoms. The molecule has 2 aliphatic heterocycles. The second-order valence-electron chi connectivity index (χ2n) is 7.88. The van der Waals surface area contributed by atoms with E-state index in [9.17, 15) is 9.18 Å². The Hall–Kier alpha value is -2.66. The fourth-order valence-corrected chi connectivity index (χ4v) is 4.48. The second kappa shape index (κ2) is 9.00. The van der Waals surface area contributed by atoms with E-state index in [0.29, 0.717) is 38.3 Å². The first kappa shape index (κ1) is 20.6. The summed E-state index contributed by atoms with van der Waals surface area (Å²) >= 11 is 0. The molecule has 2 aromatic rings. The molecule has 0 saturated carbocycles. The Bertz CT molecular complexity index is 930. The molecule has 4 rings (SSSR count). The molecule has 0 unspecified atom stereocenters. The molecule has 3 heterocycles. The van der Waals surface area contributed by atoms with Crippen molar-refractivity contribution in [1.82, 2.24) is 14.8 Å². The lowest BCUT2D eigenvalue weighted by molar-refractivity contribution is -0.0340. The SMILES string of the molecule is N#Cc1cc(CN2CCN(C3(C(=O)c4ccccn4)CCOCC3)CC2)ccc1F. The molecule has 1 aromatic heterocycles. The van der Waals surface area contributed by atoms with Crippen molar-refractivity contribution in [2.45, 2.75) is 24.9 Å². The van der Waals surface area contributed by atoms with Crippen LogP contribution >= 0.6 is 0 Å². The van der Waals surface area contributed by atoms with E-state index < -0.39 is 11.4 Å². The average Bonchev–Trinajstić information content (AvgIpc) is 2.81. The highest BCUT2D eigenvalue weighted by Gasteiger charge is 2.46. The van der Waals surface area contributed by atoms with E-state index in [2.05, 4.69) is 14.8 Å². The van der Waals surface area contributed by atoms with Gasteiger partial charge in [0.1, 0.15) is 17.6 Å². The Labute approximate surface area is 175 Å². The summed E-state index contributed by atoms with van der Waals surface area (Å²) in [7, 11) is 0. The Morgan fingerprint density at radius 3 is 2.60 bits per heavy atom. The lowest BCUT2D eigenvalue weighted by Gasteiger charge is -2.48. The van der Waals surface area contributed by atoms with E-state index >= 15 is 0 Å². The smallest absolute Gasteiger partial charge is 0.201 e. The highest BCUT2D eigenvalue weighted by molar-refractivity contribution is 6.01. The van der Waals surface area contributed by atoms with Gasteiger partial charge in [0.25, 0.3) is 0 Å². The quantitative estimate of drug-likeness (QED) is 0.709. The number of aromatic nitrogens is 1. The zero-order valence-corrected chi connectivity index (χ0v) is 16.9. The highest BCUT2D eigenvalue weighted by Crippen LogP contribution is 2.32. The Kier molecular flexibility index (Phi) is 6.18. The summed E-state index contributed by atoms with van der Waals surface area (Å²) in [4.78, 5) is 22.3. The first-order valence-corrected chi connectivity index (χ1v) is 10.3. The third-order valence-corrected chi connectivity index (χ3v) is 6.18. The van der Waals surface area contributed by atoms with E-state index in [1.807, 2.05) is 18.2 Å². The molecule has 2 fully saturated rings. The summed E-state index contributed by atoms with van der Waals surface area (Å²) in [5, 5.41) is 9.04. The van der Waals surface area contributed by atoms with Crippen LogP contribution in [0.25, 0.3) is 0 Å². The van der Waals surface area contributed by atoms with Gasteiger partial charge in [-0.05, 0) is 42.7 Å². The van der Waals surface area contributed by atoms with Gasteiger partial charge in [-0.15, -0.1) is 0 Å². The topological polar surface area (TPSA) is 69.5 Å². The molecule has 0 amide bonds. The molecule has 2 saturated heterocycles. The summed E-state index contributed by atoms with van der Waals surface area (Å²) in [6.07, 6.45) is 3.01. The summed E-state index contributed by atoms with van der Waals surface area (Å²) in [5.41, 5.74) is 0.944. The maximum absolute atomic E-state index is 13.6. The molecule has 0 spiro atoms. The number of nitrogens with zero attached hydrogens (tertiary/aromatic N) is 4. The predicted molar refractivity (Wildman–Crippen MR) is 109 cm³/mol. The van der Waals surface area contributed by atoms with Crippen molar-refractivity contribution < 1.29 is 13.9 Å². The molecule has 156 valence electrons. The van der Waals surface area contributed by atoms with Gasteiger partial charge in [-0.2, -0.15) is 5.26 Å². The lowest BCUT2D eigenvalue weighted by atomic mass is 9.81. The molecule has 6 nitrogen and oxygen atoms in total. The minimum Gasteiger partial charge on any atom is -0.381 e. The molecule has 0 aliphatic carbocycles.